The summed E-state index contributed by atoms with van der Waals surface area (Å²) in [6.45, 7) is 8.49. The van der Waals surface area contributed by atoms with Gasteiger partial charge in [0.1, 0.15) is 11.5 Å². The van der Waals surface area contributed by atoms with Crippen LogP contribution in [-0.2, 0) is 13.0 Å². The fourth-order valence-electron chi connectivity index (χ4n) is 3.73. The maximum atomic E-state index is 10.3. The van der Waals surface area contributed by atoms with Crippen LogP contribution in [0.3, 0.4) is 0 Å². The van der Waals surface area contributed by atoms with E-state index in [1.165, 1.54) is 0 Å². The van der Waals surface area contributed by atoms with Crippen molar-refractivity contribution < 1.29 is 14.6 Å². The number of aliphatic hydroxyl groups excluding tert-OH is 1. The zero-order chi connectivity index (χ0) is 22.9. The van der Waals surface area contributed by atoms with Crippen LogP contribution < -0.4 is 9.47 Å². The molecule has 0 aliphatic carbocycles. The van der Waals surface area contributed by atoms with E-state index in [1.807, 2.05) is 66.2 Å². The van der Waals surface area contributed by atoms with Gasteiger partial charge in [-0.3, -0.25) is 4.90 Å². The lowest BCUT2D eigenvalue weighted by Gasteiger charge is -2.24. The zero-order valence-electron chi connectivity index (χ0n) is 19.6. The SMILES string of the molecule is CCCN(Cc1c(CC)nn(-c2ccccc2)c1Oc1ccc(OC)cc1)CC(O)CC. The van der Waals surface area contributed by atoms with Crippen molar-refractivity contribution in [2.45, 2.75) is 52.7 Å². The average Bonchev–Trinajstić information content (AvgIpc) is 3.17. The normalized spacial score (nSPS) is 12.2. The molecule has 0 saturated carbocycles. The molecule has 32 heavy (non-hydrogen) atoms. The molecule has 1 unspecified atom stereocenters. The van der Waals surface area contributed by atoms with Crippen molar-refractivity contribution >= 4 is 0 Å². The molecule has 1 aromatic heterocycles. The Morgan fingerprint density at radius 3 is 2.28 bits per heavy atom. The van der Waals surface area contributed by atoms with E-state index in [-0.39, 0.29) is 6.10 Å². The minimum Gasteiger partial charge on any atom is -0.497 e. The number of aliphatic hydroxyl groups is 1. The molecule has 6 nitrogen and oxygen atoms in total. The molecule has 1 heterocycles. The van der Waals surface area contributed by atoms with Crippen LogP contribution in [0.25, 0.3) is 5.69 Å². The fourth-order valence-corrected chi connectivity index (χ4v) is 3.73. The van der Waals surface area contributed by atoms with Crippen LogP contribution in [0.2, 0.25) is 0 Å². The topological polar surface area (TPSA) is 59.8 Å². The van der Waals surface area contributed by atoms with Crippen LogP contribution >= 0.6 is 0 Å². The fraction of sp³-hybridized carbons (Fsp3) is 0.423. The summed E-state index contributed by atoms with van der Waals surface area (Å²) in [6.07, 6.45) is 2.20. The molecular formula is C26H35N3O3. The highest BCUT2D eigenvalue weighted by molar-refractivity contribution is 5.44. The third-order valence-electron chi connectivity index (χ3n) is 5.49. The van der Waals surface area contributed by atoms with E-state index in [2.05, 4.69) is 18.7 Å². The van der Waals surface area contributed by atoms with Crippen molar-refractivity contribution in [3.05, 3.63) is 65.9 Å². The van der Waals surface area contributed by atoms with Crippen molar-refractivity contribution in [2.24, 2.45) is 0 Å². The minimum atomic E-state index is -0.346. The highest BCUT2D eigenvalue weighted by Gasteiger charge is 2.23. The van der Waals surface area contributed by atoms with Gasteiger partial charge in [0.2, 0.25) is 5.88 Å². The van der Waals surface area contributed by atoms with E-state index in [0.717, 1.165) is 54.3 Å². The van der Waals surface area contributed by atoms with Gasteiger partial charge in [0.15, 0.2) is 0 Å². The van der Waals surface area contributed by atoms with Crippen LogP contribution in [0, 0.1) is 0 Å². The van der Waals surface area contributed by atoms with Gasteiger partial charge in [-0.25, -0.2) is 4.68 Å². The van der Waals surface area contributed by atoms with Gasteiger partial charge in [-0.05, 0) is 62.2 Å². The summed E-state index contributed by atoms with van der Waals surface area (Å²) in [5.41, 5.74) is 3.01. The van der Waals surface area contributed by atoms with Gasteiger partial charge in [0.25, 0.3) is 0 Å². The Kier molecular flexibility index (Phi) is 8.71. The number of aromatic nitrogens is 2. The molecule has 0 fully saturated rings. The van der Waals surface area contributed by atoms with Crippen molar-refractivity contribution in [1.82, 2.24) is 14.7 Å². The van der Waals surface area contributed by atoms with Crippen molar-refractivity contribution in [3.63, 3.8) is 0 Å². The molecule has 0 amide bonds. The lowest BCUT2D eigenvalue weighted by atomic mass is 10.1. The molecule has 1 atom stereocenters. The molecule has 6 heteroatoms. The van der Waals surface area contributed by atoms with Gasteiger partial charge in [-0.1, -0.05) is 39.0 Å². The molecule has 172 valence electrons. The summed E-state index contributed by atoms with van der Waals surface area (Å²) in [4.78, 5) is 2.29. The molecule has 3 aromatic rings. The minimum absolute atomic E-state index is 0.346. The second-order valence-corrected chi connectivity index (χ2v) is 7.91. The largest absolute Gasteiger partial charge is 0.497 e. The first-order valence-corrected chi connectivity index (χ1v) is 11.5. The predicted octanol–water partition coefficient (Wildman–Crippen LogP) is 5.22. The summed E-state index contributed by atoms with van der Waals surface area (Å²) in [5.74, 6) is 2.22. The van der Waals surface area contributed by atoms with Crippen LogP contribution in [0.15, 0.2) is 54.6 Å². The Labute approximate surface area is 191 Å². The van der Waals surface area contributed by atoms with Crippen molar-refractivity contribution in [2.75, 3.05) is 20.2 Å². The Balaban J connectivity index is 2.04. The summed E-state index contributed by atoms with van der Waals surface area (Å²) >= 11 is 0. The Morgan fingerprint density at radius 1 is 1.00 bits per heavy atom. The number of para-hydroxylation sites is 1. The Hall–Kier alpha value is -2.83. The highest BCUT2D eigenvalue weighted by atomic mass is 16.5. The first-order chi connectivity index (χ1) is 15.6. The number of aryl methyl sites for hydroxylation is 1. The second kappa shape index (κ2) is 11.7. The number of hydrogen-bond donors (Lipinski definition) is 1. The lowest BCUT2D eigenvalue weighted by molar-refractivity contribution is 0.105. The van der Waals surface area contributed by atoms with E-state index in [4.69, 9.17) is 14.6 Å². The highest BCUT2D eigenvalue weighted by Crippen LogP contribution is 2.33. The smallest absolute Gasteiger partial charge is 0.227 e. The lowest BCUT2D eigenvalue weighted by Crippen LogP contribution is -2.32. The van der Waals surface area contributed by atoms with Crippen molar-refractivity contribution in [3.8, 4) is 23.1 Å². The first kappa shape index (κ1) is 23.8. The van der Waals surface area contributed by atoms with E-state index in [1.54, 1.807) is 7.11 Å². The molecule has 0 spiro atoms. The van der Waals surface area contributed by atoms with Crippen molar-refractivity contribution in [1.29, 1.82) is 0 Å². The van der Waals surface area contributed by atoms with Gasteiger partial charge in [-0.15, -0.1) is 0 Å². The van der Waals surface area contributed by atoms with E-state index in [0.29, 0.717) is 19.0 Å². The summed E-state index contributed by atoms with van der Waals surface area (Å²) in [6, 6.07) is 17.6. The third-order valence-corrected chi connectivity index (χ3v) is 5.49. The van der Waals surface area contributed by atoms with Crippen LogP contribution in [0.1, 0.15) is 44.9 Å². The monoisotopic (exact) mass is 437 g/mol. The van der Waals surface area contributed by atoms with Gasteiger partial charge < -0.3 is 14.6 Å². The number of nitrogens with zero attached hydrogens (tertiary/aromatic N) is 3. The predicted molar refractivity (Wildman–Crippen MR) is 128 cm³/mol. The molecular weight excluding hydrogens is 402 g/mol. The van der Waals surface area contributed by atoms with Gasteiger partial charge >= 0.3 is 0 Å². The average molecular weight is 438 g/mol. The van der Waals surface area contributed by atoms with Crippen LogP contribution in [0.5, 0.6) is 17.4 Å². The Bertz CT molecular complexity index is 954. The van der Waals surface area contributed by atoms with Gasteiger partial charge in [0, 0.05) is 13.1 Å². The molecule has 0 saturated heterocycles. The van der Waals surface area contributed by atoms with E-state index >= 15 is 0 Å². The number of hydrogen-bond acceptors (Lipinski definition) is 5. The zero-order valence-corrected chi connectivity index (χ0v) is 19.6. The summed E-state index contributed by atoms with van der Waals surface area (Å²) < 4.78 is 13.6. The molecule has 0 aliphatic heterocycles. The molecule has 0 bridgehead atoms. The molecule has 2 aromatic carbocycles. The van der Waals surface area contributed by atoms with E-state index in [9.17, 15) is 5.11 Å². The molecule has 0 radical (unpaired) electrons. The standard InChI is InChI=1S/C26H35N3O3/c1-5-17-28(18-21(30)6-2)19-24-25(7-3)27-29(20-11-9-8-10-12-20)26(24)32-23-15-13-22(31-4)14-16-23/h8-16,21,30H,5-7,17-19H2,1-4H3. The summed E-state index contributed by atoms with van der Waals surface area (Å²) in [7, 11) is 1.65. The third kappa shape index (κ3) is 5.90. The molecule has 1 N–H and O–H groups in total. The maximum absolute atomic E-state index is 10.3. The van der Waals surface area contributed by atoms with Gasteiger partial charge in [-0.2, -0.15) is 5.10 Å². The second-order valence-electron chi connectivity index (χ2n) is 7.91. The number of ether oxygens (including phenoxy) is 2. The number of benzene rings is 2. The van der Waals surface area contributed by atoms with Gasteiger partial charge in [0.05, 0.1) is 30.2 Å². The van der Waals surface area contributed by atoms with Crippen LogP contribution in [0.4, 0.5) is 0 Å². The van der Waals surface area contributed by atoms with Crippen LogP contribution in [-0.4, -0.2) is 46.1 Å². The molecule has 3 rings (SSSR count). The molecule has 0 aliphatic rings. The number of methoxy groups -OCH3 is 1. The number of rotatable bonds is 12. The maximum Gasteiger partial charge on any atom is 0.227 e. The first-order valence-electron chi connectivity index (χ1n) is 11.5. The quantitative estimate of drug-likeness (QED) is 0.421. The van der Waals surface area contributed by atoms with E-state index < -0.39 is 0 Å². The summed E-state index contributed by atoms with van der Waals surface area (Å²) in [5, 5.41) is 15.2. The Morgan fingerprint density at radius 2 is 1.69 bits per heavy atom.